The van der Waals surface area contributed by atoms with Crippen LogP contribution in [-0.4, -0.2) is 36.4 Å². The summed E-state index contributed by atoms with van der Waals surface area (Å²) in [6.45, 7) is 3.31. The van der Waals surface area contributed by atoms with Gasteiger partial charge in [0.05, 0.1) is 0 Å². The van der Waals surface area contributed by atoms with Crippen LogP contribution < -0.4 is 5.32 Å². The topological polar surface area (TPSA) is 45.2 Å². The minimum Gasteiger partial charge on any atom is -0.385 e. The number of anilines is 1. The first kappa shape index (κ1) is 13.8. The zero-order valence-corrected chi connectivity index (χ0v) is 12.0. The van der Waals surface area contributed by atoms with Crippen LogP contribution in [0.25, 0.3) is 0 Å². The highest BCUT2D eigenvalue weighted by Gasteiger charge is 2.20. The Labute approximate surface area is 115 Å². The van der Waals surface area contributed by atoms with Gasteiger partial charge in [0.2, 0.25) is 0 Å². The Hall–Kier alpha value is -1.58. The molecular weight excluding hydrogens is 238 g/mol. The molecule has 0 bridgehead atoms. The lowest BCUT2D eigenvalue weighted by molar-refractivity contribution is 0.0822. The summed E-state index contributed by atoms with van der Waals surface area (Å²) >= 11 is 0. The molecular formula is C15H23N3O. The summed E-state index contributed by atoms with van der Waals surface area (Å²) in [6.07, 6.45) is 5.65. The van der Waals surface area contributed by atoms with Crippen molar-refractivity contribution in [3.63, 3.8) is 0 Å². The predicted molar refractivity (Wildman–Crippen MR) is 77.2 cm³/mol. The smallest absolute Gasteiger partial charge is 0.272 e. The van der Waals surface area contributed by atoms with E-state index >= 15 is 0 Å². The van der Waals surface area contributed by atoms with Crippen LogP contribution in [0.4, 0.5) is 5.69 Å². The first-order valence-corrected chi connectivity index (χ1v) is 6.98. The Morgan fingerprint density at radius 3 is 2.89 bits per heavy atom. The van der Waals surface area contributed by atoms with Gasteiger partial charge in [0.1, 0.15) is 5.69 Å². The standard InChI is InChI=1S/C15H23N3O/c1-11-4-5-12(8-11)10-17-13-6-7-16-14(9-13)15(19)18(2)3/h6-7,9,11-12H,4-5,8,10H2,1-3H3,(H,16,17). The fourth-order valence-electron chi connectivity index (χ4n) is 2.66. The van der Waals surface area contributed by atoms with Crippen molar-refractivity contribution in [1.29, 1.82) is 0 Å². The summed E-state index contributed by atoms with van der Waals surface area (Å²) in [7, 11) is 3.48. The molecule has 1 amide bonds. The second-order valence-electron chi connectivity index (χ2n) is 5.79. The average Bonchev–Trinajstić information content (AvgIpc) is 2.81. The van der Waals surface area contributed by atoms with Crippen LogP contribution >= 0.6 is 0 Å². The van der Waals surface area contributed by atoms with Crippen molar-refractivity contribution in [3.8, 4) is 0 Å². The Morgan fingerprint density at radius 1 is 1.47 bits per heavy atom. The van der Waals surface area contributed by atoms with Gasteiger partial charge in [-0.15, -0.1) is 0 Å². The summed E-state index contributed by atoms with van der Waals surface area (Å²) in [5.41, 5.74) is 1.48. The molecule has 1 heterocycles. The lowest BCUT2D eigenvalue weighted by atomic mass is 10.1. The van der Waals surface area contributed by atoms with Crippen LogP contribution in [-0.2, 0) is 0 Å². The van der Waals surface area contributed by atoms with Crippen molar-refractivity contribution in [2.24, 2.45) is 11.8 Å². The normalized spacial score (nSPS) is 22.3. The average molecular weight is 261 g/mol. The number of carbonyl (C=O) groups is 1. The quantitative estimate of drug-likeness (QED) is 0.906. The van der Waals surface area contributed by atoms with E-state index in [0.29, 0.717) is 5.69 Å². The van der Waals surface area contributed by atoms with Crippen LogP contribution in [0.15, 0.2) is 18.3 Å². The van der Waals surface area contributed by atoms with E-state index in [1.165, 1.54) is 19.3 Å². The van der Waals surface area contributed by atoms with Crippen LogP contribution in [0.1, 0.15) is 36.7 Å². The highest BCUT2D eigenvalue weighted by Crippen LogP contribution is 2.30. The van der Waals surface area contributed by atoms with E-state index in [2.05, 4.69) is 17.2 Å². The van der Waals surface area contributed by atoms with E-state index in [4.69, 9.17) is 0 Å². The van der Waals surface area contributed by atoms with Crippen molar-refractivity contribution < 1.29 is 4.79 Å². The molecule has 2 atom stereocenters. The molecule has 104 valence electrons. The predicted octanol–water partition coefficient (Wildman–Crippen LogP) is 2.63. The maximum Gasteiger partial charge on any atom is 0.272 e. The van der Waals surface area contributed by atoms with Crippen molar-refractivity contribution in [3.05, 3.63) is 24.0 Å². The summed E-state index contributed by atoms with van der Waals surface area (Å²) in [5, 5.41) is 3.43. The third-order valence-corrected chi connectivity index (χ3v) is 3.78. The molecule has 0 aromatic carbocycles. The molecule has 2 unspecified atom stereocenters. The van der Waals surface area contributed by atoms with Gasteiger partial charge in [-0.2, -0.15) is 0 Å². The molecule has 1 aromatic rings. The minimum absolute atomic E-state index is 0.0573. The molecule has 1 aromatic heterocycles. The zero-order valence-electron chi connectivity index (χ0n) is 12.0. The Balaban J connectivity index is 1.94. The van der Waals surface area contributed by atoms with Gasteiger partial charge in [0.15, 0.2) is 0 Å². The van der Waals surface area contributed by atoms with E-state index in [1.54, 1.807) is 25.2 Å². The SMILES string of the molecule is CC1CCC(CNc2ccnc(C(=O)N(C)C)c2)C1. The van der Waals surface area contributed by atoms with Crippen molar-refractivity contribution in [1.82, 2.24) is 9.88 Å². The molecule has 2 rings (SSSR count). The van der Waals surface area contributed by atoms with E-state index in [0.717, 1.165) is 24.1 Å². The highest BCUT2D eigenvalue weighted by atomic mass is 16.2. The molecule has 1 saturated carbocycles. The van der Waals surface area contributed by atoms with Crippen molar-refractivity contribution in [2.45, 2.75) is 26.2 Å². The number of hydrogen-bond donors (Lipinski definition) is 1. The zero-order chi connectivity index (χ0) is 13.8. The molecule has 4 heteroatoms. The maximum absolute atomic E-state index is 11.8. The van der Waals surface area contributed by atoms with Gasteiger partial charge < -0.3 is 10.2 Å². The molecule has 1 fully saturated rings. The number of hydrogen-bond acceptors (Lipinski definition) is 3. The van der Waals surface area contributed by atoms with Crippen LogP contribution in [0, 0.1) is 11.8 Å². The Kier molecular flexibility index (Phi) is 4.40. The molecule has 0 radical (unpaired) electrons. The Morgan fingerprint density at radius 2 is 2.26 bits per heavy atom. The van der Waals surface area contributed by atoms with Crippen molar-refractivity contribution >= 4 is 11.6 Å². The molecule has 1 aliphatic rings. The summed E-state index contributed by atoms with van der Waals surface area (Å²) in [6, 6.07) is 3.76. The summed E-state index contributed by atoms with van der Waals surface area (Å²) in [5.74, 6) is 1.56. The van der Waals surface area contributed by atoms with Gasteiger partial charge in [-0.25, -0.2) is 0 Å². The maximum atomic E-state index is 11.8. The van der Waals surface area contributed by atoms with Crippen LogP contribution in [0.5, 0.6) is 0 Å². The second kappa shape index (κ2) is 6.04. The van der Waals surface area contributed by atoms with Crippen LogP contribution in [0.2, 0.25) is 0 Å². The van der Waals surface area contributed by atoms with E-state index in [9.17, 15) is 4.79 Å². The van der Waals surface area contributed by atoms with Gasteiger partial charge in [0, 0.05) is 32.5 Å². The number of rotatable bonds is 4. The lowest BCUT2D eigenvalue weighted by Gasteiger charge is -2.14. The molecule has 0 spiro atoms. The molecule has 1 aliphatic carbocycles. The van der Waals surface area contributed by atoms with Gasteiger partial charge in [-0.1, -0.05) is 13.3 Å². The molecule has 0 aliphatic heterocycles. The first-order chi connectivity index (χ1) is 9.06. The van der Waals surface area contributed by atoms with Gasteiger partial charge in [-0.3, -0.25) is 9.78 Å². The largest absolute Gasteiger partial charge is 0.385 e. The number of amides is 1. The number of carbonyl (C=O) groups excluding carboxylic acids is 1. The number of nitrogens with zero attached hydrogens (tertiary/aromatic N) is 2. The highest BCUT2D eigenvalue weighted by molar-refractivity contribution is 5.92. The van der Waals surface area contributed by atoms with Gasteiger partial charge in [0.25, 0.3) is 5.91 Å². The first-order valence-electron chi connectivity index (χ1n) is 6.98. The minimum atomic E-state index is -0.0573. The second-order valence-corrected chi connectivity index (χ2v) is 5.79. The molecule has 0 saturated heterocycles. The molecule has 1 N–H and O–H groups in total. The lowest BCUT2D eigenvalue weighted by Crippen LogP contribution is -2.23. The number of aromatic nitrogens is 1. The van der Waals surface area contributed by atoms with E-state index in [1.807, 2.05) is 12.1 Å². The third kappa shape index (κ3) is 3.69. The van der Waals surface area contributed by atoms with Crippen molar-refractivity contribution in [2.75, 3.05) is 26.0 Å². The Bertz CT molecular complexity index is 445. The van der Waals surface area contributed by atoms with E-state index in [-0.39, 0.29) is 5.91 Å². The number of nitrogens with one attached hydrogen (secondary N) is 1. The van der Waals surface area contributed by atoms with E-state index < -0.39 is 0 Å². The fraction of sp³-hybridized carbons (Fsp3) is 0.600. The fourth-order valence-corrected chi connectivity index (χ4v) is 2.66. The summed E-state index contributed by atoms with van der Waals surface area (Å²) < 4.78 is 0. The third-order valence-electron chi connectivity index (χ3n) is 3.78. The number of pyridine rings is 1. The molecule has 4 nitrogen and oxygen atoms in total. The van der Waals surface area contributed by atoms with Gasteiger partial charge in [-0.05, 0) is 36.8 Å². The van der Waals surface area contributed by atoms with Crippen LogP contribution in [0.3, 0.4) is 0 Å². The summed E-state index contributed by atoms with van der Waals surface area (Å²) in [4.78, 5) is 17.5. The van der Waals surface area contributed by atoms with Gasteiger partial charge >= 0.3 is 0 Å². The molecule has 19 heavy (non-hydrogen) atoms. The monoisotopic (exact) mass is 261 g/mol.